The second-order valence-corrected chi connectivity index (χ2v) is 14.7. The fraction of sp³-hybridized carbons (Fsp3) is 0. The third kappa shape index (κ3) is 4.03. The zero-order valence-electron chi connectivity index (χ0n) is 29.5. The largest absolute Gasteiger partial charge is 0.0622 e. The van der Waals surface area contributed by atoms with Crippen molar-refractivity contribution >= 4 is 75.4 Å². The van der Waals surface area contributed by atoms with E-state index in [0.29, 0.717) is 0 Å². The van der Waals surface area contributed by atoms with E-state index in [9.17, 15) is 0 Å². The van der Waals surface area contributed by atoms with Gasteiger partial charge in [-0.05, 0) is 138 Å². The highest BCUT2D eigenvalue weighted by molar-refractivity contribution is 6.45. The Balaban J connectivity index is 1.36. The molecule has 0 aliphatic heterocycles. The minimum Gasteiger partial charge on any atom is -0.0622 e. The van der Waals surface area contributed by atoms with Crippen LogP contribution in [-0.2, 0) is 0 Å². The smallest absolute Gasteiger partial charge is 0.000697 e. The van der Waals surface area contributed by atoms with Gasteiger partial charge in [0.25, 0.3) is 0 Å². The van der Waals surface area contributed by atoms with Gasteiger partial charge in [-0.2, -0.15) is 0 Å². The van der Waals surface area contributed by atoms with Gasteiger partial charge in [-0.1, -0.05) is 176 Å². The summed E-state index contributed by atoms with van der Waals surface area (Å²) in [6, 6.07) is 72.2. The first-order valence-electron chi connectivity index (χ1n) is 18.9. The lowest BCUT2D eigenvalue weighted by Gasteiger charge is -2.19. The van der Waals surface area contributed by atoms with Crippen molar-refractivity contribution in [1.29, 1.82) is 0 Å². The van der Waals surface area contributed by atoms with E-state index < -0.39 is 0 Å². The second-order valence-electron chi connectivity index (χ2n) is 14.7. The van der Waals surface area contributed by atoms with Crippen LogP contribution in [0.15, 0.2) is 194 Å². The zero-order valence-corrected chi connectivity index (χ0v) is 29.5. The molecule has 12 aromatic rings. The Labute approximate surface area is 312 Å². The van der Waals surface area contributed by atoms with Gasteiger partial charge < -0.3 is 0 Å². The van der Waals surface area contributed by atoms with Crippen LogP contribution in [0.25, 0.3) is 120 Å². The molecule has 0 aromatic heterocycles. The highest BCUT2D eigenvalue weighted by atomic mass is 14.3. The molecule has 0 spiro atoms. The monoisotopic (exact) mass is 680 g/mol. The highest BCUT2D eigenvalue weighted by Gasteiger charge is 2.26. The van der Waals surface area contributed by atoms with Crippen molar-refractivity contribution in [3.63, 3.8) is 0 Å². The van der Waals surface area contributed by atoms with Crippen LogP contribution < -0.4 is 0 Å². The number of benzene rings is 10. The Hall–Kier alpha value is -7.02. The molecule has 0 fully saturated rings. The molecule has 0 aliphatic rings. The summed E-state index contributed by atoms with van der Waals surface area (Å²) >= 11 is 0. The van der Waals surface area contributed by atoms with Crippen molar-refractivity contribution in [2.75, 3.05) is 0 Å². The maximum atomic E-state index is 2.52. The zero-order chi connectivity index (χ0) is 35.3. The number of hydrogen-bond acceptors (Lipinski definition) is 0. The Kier molecular flexibility index (Phi) is 6.15. The van der Waals surface area contributed by atoms with E-state index in [1.54, 1.807) is 0 Å². The summed E-state index contributed by atoms with van der Waals surface area (Å²) in [6.07, 6.45) is 0. The molecule has 0 saturated heterocycles. The van der Waals surface area contributed by atoms with Gasteiger partial charge in [0.05, 0.1) is 0 Å². The van der Waals surface area contributed by atoms with Crippen LogP contribution in [-0.4, -0.2) is 0 Å². The summed E-state index contributed by atoms with van der Waals surface area (Å²) < 4.78 is 0. The summed E-state index contributed by atoms with van der Waals surface area (Å²) in [6.45, 7) is 0. The van der Waals surface area contributed by atoms with Crippen LogP contribution in [0.2, 0.25) is 0 Å². The summed E-state index contributed by atoms with van der Waals surface area (Å²) in [7, 11) is 0. The van der Waals surface area contributed by atoms with Crippen molar-refractivity contribution in [1.82, 2.24) is 0 Å². The fourth-order valence-corrected chi connectivity index (χ4v) is 9.78. The minimum absolute atomic E-state index is 1.23. The van der Waals surface area contributed by atoms with E-state index in [4.69, 9.17) is 0 Å². The molecule has 0 heteroatoms. The number of rotatable bonds is 4. The van der Waals surface area contributed by atoms with E-state index in [1.165, 1.54) is 120 Å². The van der Waals surface area contributed by atoms with Crippen LogP contribution in [0.3, 0.4) is 0 Å². The topological polar surface area (TPSA) is 0 Å². The molecule has 0 atom stereocenters. The molecule has 12 aromatic carbocycles. The molecule has 0 saturated carbocycles. The quantitative estimate of drug-likeness (QED) is 0.162. The average molecular weight is 681 g/mol. The van der Waals surface area contributed by atoms with Crippen molar-refractivity contribution < 1.29 is 0 Å². The third-order valence-electron chi connectivity index (χ3n) is 11.9. The molecule has 0 heterocycles. The minimum atomic E-state index is 1.23. The lowest BCUT2D eigenvalue weighted by Crippen LogP contribution is -1.91. The average Bonchev–Trinajstić information content (AvgIpc) is 3.75. The summed E-state index contributed by atoms with van der Waals surface area (Å²) in [4.78, 5) is 0. The molecule has 248 valence electrons. The van der Waals surface area contributed by atoms with Gasteiger partial charge in [-0.25, -0.2) is 0 Å². The van der Waals surface area contributed by atoms with E-state index in [0.717, 1.165) is 0 Å². The van der Waals surface area contributed by atoms with Gasteiger partial charge in [-0.15, -0.1) is 0 Å². The molecule has 0 aliphatic carbocycles. The number of hydrogen-bond donors (Lipinski definition) is 0. The lowest BCUT2D eigenvalue weighted by atomic mass is 9.83. The first kappa shape index (κ1) is 29.5. The highest BCUT2D eigenvalue weighted by Crippen LogP contribution is 2.55. The van der Waals surface area contributed by atoms with Gasteiger partial charge >= 0.3 is 0 Å². The molecular weight excluding hydrogens is 649 g/mol. The van der Waals surface area contributed by atoms with Gasteiger partial charge in [0.15, 0.2) is 0 Å². The second kappa shape index (κ2) is 11.2. The summed E-state index contributed by atoms with van der Waals surface area (Å²) in [5.74, 6) is 0. The Morgan fingerprint density at radius 2 is 0.704 bits per heavy atom. The molecule has 0 unspecified atom stereocenters. The van der Waals surface area contributed by atoms with E-state index in [1.807, 2.05) is 0 Å². The van der Waals surface area contributed by atoms with Crippen LogP contribution in [0, 0.1) is 0 Å². The SMILES string of the molecule is c1ccc(-c2ccccc2-c2cc3cccc4c5c(-c6ccccc6)c6cc7c8ccccc8c8cccc(c6c(-c6ccccc6)c5c(c2)c34)c87)cc1. The molecular formula is C54H32. The van der Waals surface area contributed by atoms with E-state index in [-0.39, 0.29) is 0 Å². The van der Waals surface area contributed by atoms with Crippen LogP contribution in [0.1, 0.15) is 0 Å². The predicted octanol–water partition coefficient (Wildman–Crippen LogP) is 15.3. The van der Waals surface area contributed by atoms with Crippen molar-refractivity contribution in [2.24, 2.45) is 0 Å². The van der Waals surface area contributed by atoms with Gasteiger partial charge in [-0.3, -0.25) is 0 Å². The molecule has 0 bridgehead atoms. The molecule has 0 nitrogen and oxygen atoms in total. The fourth-order valence-electron chi connectivity index (χ4n) is 9.78. The van der Waals surface area contributed by atoms with Crippen molar-refractivity contribution in [3.8, 4) is 44.5 Å². The van der Waals surface area contributed by atoms with Gasteiger partial charge in [0.2, 0.25) is 0 Å². The first-order valence-corrected chi connectivity index (χ1v) is 18.9. The van der Waals surface area contributed by atoms with Gasteiger partial charge in [0.1, 0.15) is 0 Å². The van der Waals surface area contributed by atoms with Crippen molar-refractivity contribution in [2.45, 2.75) is 0 Å². The first-order chi connectivity index (χ1) is 26.8. The Morgan fingerprint density at radius 3 is 1.41 bits per heavy atom. The van der Waals surface area contributed by atoms with Crippen LogP contribution in [0.5, 0.6) is 0 Å². The molecule has 0 radical (unpaired) electrons. The molecule has 0 N–H and O–H groups in total. The summed E-state index contributed by atoms with van der Waals surface area (Å²) in [5, 5.41) is 18.5. The predicted molar refractivity (Wildman–Crippen MR) is 233 cm³/mol. The molecule has 12 rings (SSSR count). The standard InChI is InChI=1S/C54H32/c1-4-16-33(17-5-1)38-23-10-11-24-39(38)37-30-36-22-14-28-43-48(36)46(31-37)54-50(35-20-8-3-9-21-35)52-44-29-15-27-42-40-25-12-13-26-41(40)45(51(42)44)32-47(52)49(53(43)54)34-18-6-2-7-19-34/h1-32H. The maximum Gasteiger partial charge on any atom is -0.000697 e. The Morgan fingerprint density at radius 1 is 0.204 bits per heavy atom. The third-order valence-corrected chi connectivity index (χ3v) is 11.9. The molecule has 54 heavy (non-hydrogen) atoms. The molecule has 0 amide bonds. The summed E-state index contributed by atoms with van der Waals surface area (Å²) in [5.41, 5.74) is 10.1. The lowest BCUT2D eigenvalue weighted by molar-refractivity contribution is 1.60. The van der Waals surface area contributed by atoms with Crippen LogP contribution >= 0.6 is 0 Å². The van der Waals surface area contributed by atoms with Gasteiger partial charge in [0, 0.05) is 0 Å². The van der Waals surface area contributed by atoms with Crippen molar-refractivity contribution in [3.05, 3.63) is 194 Å². The van der Waals surface area contributed by atoms with Crippen LogP contribution in [0.4, 0.5) is 0 Å². The Bertz CT molecular complexity index is 3390. The van der Waals surface area contributed by atoms with E-state index >= 15 is 0 Å². The number of fused-ring (bicyclic) bond motifs is 8. The normalized spacial score (nSPS) is 12.1. The maximum absolute atomic E-state index is 2.52. The van der Waals surface area contributed by atoms with E-state index in [2.05, 4.69) is 194 Å².